The summed E-state index contributed by atoms with van der Waals surface area (Å²) in [5, 5.41) is 14.7. The Morgan fingerprint density at radius 1 is 1.44 bits per heavy atom. The number of amides is 2. The van der Waals surface area contributed by atoms with Crippen LogP contribution in [0.4, 0.5) is 10.5 Å². The molecule has 3 N–H and O–H groups in total. The lowest BCUT2D eigenvalue weighted by atomic mass is 10.0. The maximum Gasteiger partial charge on any atom is 0.319 e. The molecule has 0 aromatic heterocycles. The van der Waals surface area contributed by atoms with Gasteiger partial charge in [-0.3, -0.25) is 0 Å². The molecular formula is C13H19BrN2O2. The summed E-state index contributed by atoms with van der Waals surface area (Å²) in [6, 6.07) is 6.84. The standard InChI is InChI=1S/C13H19BrN2O2/c1-9(2)6-12(8-17)16-13(18)15-11-5-3-4-10(14)7-11/h3-5,7,9,12,17H,6,8H2,1-2H3,(H2,15,16,18). The van der Waals surface area contributed by atoms with Gasteiger partial charge in [0.25, 0.3) is 0 Å². The predicted molar refractivity (Wildman–Crippen MR) is 76.6 cm³/mol. The van der Waals surface area contributed by atoms with Crippen molar-refractivity contribution in [1.29, 1.82) is 0 Å². The monoisotopic (exact) mass is 314 g/mol. The predicted octanol–water partition coefficient (Wildman–Crippen LogP) is 2.98. The molecule has 0 radical (unpaired) electrons. The average molecular weight is 315 g/mol. The number of aliphatic hydroxyl groups is 1. The van der Waals surface area contributed by atoms with Crippen LogP contribution in [0, 0.1) is 5.92 Å². The second kappa shape index (κ2) is 7.38. The van der Waals surface area contributed by atoms with Crippen LogP contribution in [0.2, 0.25) is 0 Å². The molecular weight excluding hydrogens is 296 g/mol. The minimum atomic E-state index is -0.298. The van der Waals surface area contributed by atoms with Gasteiger partial charge in [0.05, 0.1) is 12.6 Å². The summed E-state index contributed by atoms with van der Waals surface area (Å²) >= 11 is 3.34. The van der Waals surface area contributed by atoms with Gasteiger partial charge in [0.1, 0.15) is 0 Å². The largest absolute Gasteiger partial charge is 0.394 e. The number of anilines is 1. The van der Waals surface area contributed by atoms with Gasteiger partial charge in [-0.15, -0.1) is 0 Å². The zero-order chi connectivity index (χ0) is 13.5. The number of hydrogen-bond acceptors (Lipinski definition) is 2. The van der Waals surface area contributed by atoms with Crippen LogP contribution >= 0.6 is 15.9 Å². The third kappa shape index (κ3) is 5.51. The molecule has 0 bridgehead atoms. The van der Waals surface area contributed by atoms with Crippen LogP contribution in [-0.4, -0.2) is 23.8 Å². The molecule has 0 saturated carbocycles. The van der Waals surface area contributed by atoms with Crippen molar-refractivity contribution >= 4 is 27.6 Å². The molecule has 0 saturated heterocycles. The van der Waals surface area contributed by atoms with Gasteiger partial charge in [-0.1, -0.05) is 35.8 Å². The second-order valence-corrected chi connectivity index (χ2v) is 5.53. The highest BCUT2D eigenvalue weighted by atomic mass is 79.9. The first-order chi connectivity index (χ1) is 8.51. The molecule has 0 aliphatic rings. The highest BCUT2D eigenvalue weighted by Crippen LogP contribution is 2.15. The van der Waals surface area contributed by atoms with E-state index in [9.17, 15) is 9.90 Å². The molecule has 18 heavy (non-hydrogen) atoms. The highest BCUT2D eigenvalue weighted by Gasteiger charge is 2.12. The minimum Gasteiger partial charge on any atom is -0.394 e. The van der Waals surface area contributed by atoms with Crippen molar-refractivity contribution in [2.24, 2.45) is 5.92 Å². The van der Waals surface area contributed by atoms with Gasteiger partial charge in [0, 0.05) is 10.2 Å². The summed E-state index contributed by atoms with van der Waals surface area (Å²) in [7, 11) is 0. The van der Waals surface area contributed by atoms with E-state index in [4.69, 9.17) is 0 Å². The molecule has 0 heterocycles. The van der Waals surface area contributed by atoms with E-state index in [2.05, 4.69) is 40.4 Å². The molecule has 1 aromatic carbocycles. The first-order valence-corrected chi connectivity index (χ1v) is 6.74. The number of nitrogens with one attached hydrogen (secondary N) is 2. The number of halogens is 1. The molecule has 0 fully saturated rings. The topological polar surface area (TPSA) is 61.4 Å². The van der Waals surface area contributed by atoms with Crippen molar-refractivity contribution in [2.75, 3.05) is 11.9 Å². The van der Waals surface area contributed by atoms with Crippen molar-refractivity contribution in [3.05, 3.63) is 28.7 Å². The molecule has 0 aliphatic heterocycles. The molecule has 5 heteroatoms. The molecule has 1 rings (SSSR count). The normalized spacial score (nSPS) is 12.3. The van der Waals surface area contributed by atoms with E-state index in [0.29, 0.717) is 11.6 Å². The Morgan fingerprint density at radius 3 is 2.72 bits per heavy atom. The summed E-state index contributed by atoms with van der Waals surface area (Å²) in [4.78, 5) is 11.7. The zero-order valence-electron chi connectivity index (χ0n) is 10.6. The summed E-state index contributed by atoms with van der Waals surface area (Å²) in [6.07, 6.45) is 0.752. The minimum absolute atomic E-state index is 0.0515. The van der Waals surface area contributed by atoms with Crippen LogP contribution in [0.25, 0.3) is 0 Å². The van der Waals surface area contributed by atoms with Crippen LogP contribution in [0.3, 0.4) is 0 Å². The van der Waals surface area contributed by atoms with Crippen LogP contribution in [0.15, 0.2) is 28.7 Å². The summed E-state index contributed by atoms with van der Waals surface area (Å²) in [5.74, 6) is 0.424. The molecule has 4 nitrogen and oxygen atoms in total. The fourth-order valence-corrected chi connectivity index (χ4v) is 2.07. The van der Waals surface area contributed by atoms with E-state index >= 15 is 0 Å². The molecule has 1 unspecified atom stereocenters. The highest BCUT2D eigenvalue weighted by molar-refractivity contribution is 9.10. The third-order valence-corrected chi connectivity index (χ3v) is 2.89. The third-order valence-electron chi connectivity index (χ3n) is 2.39. The van der Waals surface area contributed by atoms with Crippen molar-refractivity contribution in [2.45, 2.75) is 26.3 Å². The van der Waals surface area contributed by atoms with Crippen LogP contribution < -0.4 is 10.6 Å². The number of urea groups is 1. The Labute approximate surface area is 116 Å². The lowest BCUT2D eigenvalue weighted by molar-refractivity contribution is 0.214. The number of rotatable bonds is 5. The Morgan fingerprint density at radius 2 is 2.17 bits per heavy atom. The van der Waals surface area contributed by atoms with E-state index in [-0.39, 0.29) is 18.7 Å². The van der Waals surface area contributed by atoms with E-state index in [0.717, 1.165) is 10.9 Å². The molecule has 0 aliphatic carbocycles. The van der Waals surface area contributed by atoms with Crippen LogP contribution in [-0.2, 0) is 0 Å². The Hall–Kier alpha value is -1.07. The number of hydrogen-bond donors (Lipinski definition) is 3. The summed E-state index contributed by atoms with van der Waals surface area (Å²) < 4.78 is 0.904. The quantitative estimate of drug-likeness (QED) is 0.782. The SMILES string of the molecule is CC(C)CC(CO)NC(=O)Nc1cccc(Br)c1. The van der Waals surface area contributed by atoms with Crippen LogP contribution in [0.5, 0.6) is 0 Å². The van der Waals surface area contributed by atoms with Crippen molar-refractivity contribution in [3.8, 4) is 0 Å². The summed E-state index contributed by atoms with van der Waals surface area (Å²) in [5.41, 5.74) is 0.711. The lowest BCUT2D eigenvalue weighted by Gasteiger charge is -2.18. The van der Waals surface area contributed by atoms with Gasteiger partial charge in [-0.05, 0) is 30.5 Å². The number of carbonyl (C=O) groups excluding carboxylic acids is 1. The molecule has 2 amide bonds. The number of benzene rings is 1. The average Bonchev–Trinajstić information content (AvgIpc) is 2.27. The first-order valence-electron chi connectivity index (χ1n) is 5.95. The number of aliphatic hydroxyl groups excluding tert-OH is 1. The smallest absolute Gasteiger partial charge is 0.319 e. The molecule has 0 spiro atoms. The fourth-order valence-electron chi connectivity index (χ4n) is 1.67. The maximum absolute atomic E-state index is 11.7. The maximum atomic E-state index is 11.7. The van der Waals surface area contributed by atoms with Gasteiger partial charge < -0.3 is 15.7 Å². The van der Waals surface area contributed by atoms with E-state index < -0.39 is 0 Å². The molecule has 1 aromatic rings. The Bertz CT molecular complexity index is 396. The zero-order valence-corrected chi connectivity index (χ0v) is 12.2. The van der Waals surface area contributed by atoms with Gasteiger partial charge >= 0.3 is 6.03 Å². The van der Waals surface area contributed by atoms with E-state index in [1.165, 1.54) is 0 Å². The lowest BCUT2D eigenvalue weighted by Crippen LogP contribution is -2.40. The molecule has 1 atom stereocenters. The fraction of sp³-hybridized carbons (Fsp3) is 0.462. The van der Waals surface area contributed by atoms with Crippen molar-refractivity contribution < 1.29 is 9.90 Å². The first kappa shape index (κ1) is 15.0. The second-order valence-electron chi connectivity index (χ2n) is 4.62. The van der Waals surface area contributed by atoms with Gasteiger partial charge in [-0.2, -0.15) is 0 Å². The van der Waals surface area contributed by atoms with Crippen molar-refractivity contribution in [3.63, 3.8) is 0 Å². The van der Waals surface area contributed by atoms with Gasteiger partial charge in [-0.25, -0.2) is 4.79 Å². The molecule has 100 valence electrons. The Balaban J connectivity index is 2.50. The van der Waals surface area contributed by atoms with Gasteiger partial charge in [0.15, 0.2) is 0 Å². The number of carbonyl (C=O) groups is 1. The van der Waals surface area contributed by atoms with E-state index in [1.54, 1.807) is 6.07 Å². The van der Waals surface area contributed by atoms with Gasteiger partial charge in [0.2, 0.25) is 0 Å². The van der Waals surface area contributed by atoms with Crippen molar-refractivity contribution in [1.82, 2.24) is 5.32 Å². The Kier molecular flexibility index (Phi) is 6.15. The summed E-state index contributed by atoms with van der Waals surface area (Å²) in [6.45, 7) is 4.05. The van der Waals surface area contributed by atoms with E-state index in [1.807, 2.05) is 18.2 Å². The van der Waals surface area contributed by atoms with Crippen LogP contribution in [0.1, 0.15) is 20.3 Å².